The van der Waals surface area contributed by atoms with Crippen LogP contribution in [0, 0.1) is 23.4 Å². The van der Waals surface area contributed by atoms with Crippen molar-refractivity contribution in [2.75, 3.05) is 13.1 Å². The minimum Gasteiger partial charge on any atom is -0.353 e. The number of piperidine rings is 1. The Morgan fingerprint density at radius 1 is 0.811 bits per heavy atom. The molecule has 1 aliphatic heterocycles. The van der Waals surface area contributed by atoms with Gasteiger partial charge in [0.1, 0.15) is 22.2 Å². The second-order valence-corrected chi connectivity index (χ2v) is 15.5. The number of benzene rings is 3. The number of hydrogen-bond donors (Lipinski definition) is 1. The number of sulfone groups is 1. The van der Waals surface area contributed by atoms with Crippen LogP contribution in [0.5, 0.6) is 0 Å². The average Bonchev–Trinajstić information content (AvgIpc) is 3.09. The number of nitrogens with one attached hydrogen (secondary N) is 1. The molecule has 3 aromatic carbocycles. The molecule has 2 fully saturated rings. The predicted octanol–water partition coefficient (Wildman–Crippen LogP) is 7.63. The average molecular weight is 779 g/mol. The molecule has 0 atom stereocenters. The van der Waals surface area contributed by atoms with Crippen LogP contribution in [0.1, 0.15) is 62.1 Å². The lowest BCUT2D eigenvalue weighted by molar-refractivity contribution is -0.392. The van der Waals surface area contributed by atoms with E-state index in [1.165, 1.54) is 6.92 Å². The lowest BCUT2D eigenvalue weighted by Gasteiger charge is -2.41. The van der Waals surface area contributed by atoms with E-state index in [2.05, 4.69) is 10.1 Å². The zero-order valence-corrected chi connectivity index (χ0v) is 29.0. The van der Waals surface area contributed by atoms with E-state index >= 15 is 0 Å². The molecule has 3 aromatic rings. The van der Waals surface area contributed by atoms with E-state index < -0.39 is 79.7 Å². The number of ether oxygens (including phenoxy) is 1. The molecule has 1 N–H and O–H groups in total. The number of halogens is 9. The molecule has 2 aliphatic rings. The van der Waals surface area contributed by atoms with Crippen molar-refractivity contribution in [1.82, 2.24) is 10.2 Å². The highest BCUT2D eigenvalue weighted by Gasteiger charge is 2.73. The zero-order valence-electron chi connectivity index (χ0n) is 28.2. The first kappa shape index (κ1) is 40.1. The number of carbonyl (C=O) groups excluding carboxylic acids is 2. The Hall–Kier alpha value is -4.12. The highest BCUT2D eigenvalue weighted by atomic mass is 32.2. The Morgan fingerprint density at radius 2 is 1.34 bits per heavy atom. The van der Waals surface area contributed by atoms with Crippen LogP contribution in [0.3, 0.4) is 0 Å². The second kappa shape index (κ2) is 15.0. The molecule has 7 nitrogen and oxygen atoms in total. The largest absolute Gasteiger partial charge is 0.430 e. The fourth-order valence-electron chi connectivity index (χ4n) is 7.15. The Balaban J connectivity index is 1.48. The third kappa shape index (κ3) is 7.64. The minimum absolute atomic E-state index is 0.0482. The van der Waals surface area contributed by atoms with Crippen LogP contribution in [-0.2, 0) is 41.1 Å². The summed E-state index contributed by atoms with van der Waals surface area (Å²) in [5.74, 6) is -4.42. The molecule has 1 saturated carbocycles. The summed E-state index contributed by atoms with van der Waals surface area (Å²) < 4.78 is 161. The smallest absolute Gasteiger partial charge is 0.353 e. The monoisotopic (exact) mass is 778 g/mol. The Labute approximate surface area is 299 Å². The summed E-state index contributed by atoms with van der Waals surface area (Å²) in [4.78, 5) is 26.0. The van der Waals surface area contributed by atoms with E-state index in [0.717, 1.165) is 42.5 Å². The molecule has 0 aromatic heterocycles. The van der Waals surface area contributed by atoms with Gasteiger partial charge in [-0.25, -0.2) is 21.6 Å². The molecule has 1 saturated heterocycles. The molecule has 0 bridgehead atoms. The molecule has 53 heavy (non-hydrogen) atoms. The van der Waals surface area contributed by atoms with Crippen molar-refractivity contribution in [3.05, 3.63) is 101 Å². The normalized spacial score (nSPS) is 20.6. The van der Waals surface area contributed by atoms with Gasteiger partial charge in [-0.15, -0.1) is 0 Å². The third-order valence-electron chi connectivity index (χ3n) is 10.2. The van der Waals surface area contributed by atoms with E-state index in [0.29, 0.717) is 50.2 Å². The first-order chi connectivity index (χ1) is 24.7. The fraction of sp³-hybridized carbons (Fsp3) is 0.444. The van der Waals surface area contributed by atoms with E-state index in [-0.39, 0.29) is 48.0 Å². The van der Waals surface area contributed by atoms with Crippen LogP contribution in [0.4, 0.5) is 39.5 Å². The number of carbonyl (C=O) groups is 2. The van der Waals surface area contributed by atoms with Gasteiger partial charge in [0.2, 0.25) is 11.8 Å². The fourth-order valence-corrected chi connectivity index (χ4v) is 9.32. The van der Waals surface area contributed by atoms with Gasteiger partial charge < -0.3 is 15.0 Å². The number of nitrogens with zero attached hydrogens (tertiary/aromatic N) is 1. The van der Waals surface area contributed by atoms with Gasteiger partial charge in [-0.2, -0.15) is 26.3 Å². The SMILES string of the molecule is CC(=O)N1CCC(C(=O)N[C@H]2CC[C@](c3ccc(C(OCc4c(F)cccc4F)(C(F)(F)F)C(F)(F)F)cc3)(S(=O)(=O)c3ccc(F)cc3)CC2)CC1. The van der Waals surface area contributed by atoms with Crippen LogP contribution >= 0.6 is 0 Å². The Kier molecular flexibility index (Phi) is 11.3. The summed E-state index contributed by atoms with van der Waals surface area (Å²) in [6, 6.07) is 7.83. The molecule has 17 heteroatoms. The van der Waals surface area contributed by atoms with E-state index in [1.54, 1.807) is 4.90 Å². The van der Waals surface area contributed by atoms with Crippen molar-refractivity contribution in [1.29, 1.82) is 0 Å². The summed E-state index contributed by atoms with van der Waals surface area (Å²) in [7, 11) is -4.52. The standard InChI is InChI=1S/C36H35F9N2O5S/c1-22(48)47-19-15-23(16-20-47)32(49)46-27-13-17-33(18-14-27,53(50,51)28-11-9-26(37)10-12-28)24-5-7-25(8-6-24)34(35(40,41)42,36(43,44)45)52-21-29-30(38)3-2-4-31(29)39/h2-12,23,27H,13-21H2,1H3,(H,46,49)/t27-,33-. The van der Waals surface area contributed by atoms with Crippen molar-refractivity contribution >= 4 is 21.7 Å². The van der Waals surface area contributed by atoms with Crippen LogP contribution in [0.15, 0.2) is 71.6 Å². The van der Waals surface area contributed by atoms with Gasteiger partial charge in [-0.05, 0) is 80.5 Å². The van der Waals surface area contributed by atoms with Crippen LogP contribution in [-0.4, -0.2) is 56.6 Å². The molecular formula is C36H35F9N2O5S. The van der Waals surface area contributed by atoms with Gasteiger partial charge in [-0.1, -0.05) is 30.3 Å². The number of rotatable bonds is 9. The van der Waals surface area contributed by atoms with Crippen molar-refractivity contribution in [2.24, 2.45) is 5.92 Å². The predicted molar refractivity (Wildman–Crippen MR) is 172 cm³/mol. The number of amides is 2. The summed E-state index contributed by atoms with van der Waals surface area (Å²) in [5, 5.41) is 2.91. The Morgan fingerprint density at radius 3 is 1.83 bits per heavy atom. The summed E-state index contributed by atoms with van der Waals surface area (Å²) in [5.41, 5.74) is -7.95. The molecular weight excluding hydrogens is 743 g/mol. The maximum atomic E-state index is 14.6. The molecule has 0 spiro atoms. The highest BCUT2D eigenvalue weighted by Crippen LogP contribution is 2.54. The third-order valence-corrected chi connectivity index (χ3v) is 12.8. The first-order valence-electron chi connectivity index (χ1n) is 16.6. The molecule has 288 valence electrons. The second-order valence-electron chi connectivity index (χ2n) is 13.3. The van der Waals surface area contributed by atoms with Gasteiger partial charge in [0.05, 0.1) is 11.5 Å². The molecule has 1 heterocycles. The summed E-state index contributed by atoms with van der Waals surface area (Å²) in [6.45, 7) is 0.449. The lowest BCUT2D eigenvalue weighted by Crippen LogP contribution is -2.56. The first-order valence-corrected chi connectivity index (χ1v) is 18.1. The molecule has 1 aliphatic carbocycles. The van der Waals surface area contributed by atoms with Crippen molar-refractivity contribution in [3.8, 4) is 0 Å². The van der Waals surface area contributed by atoms with Crippen molar-refractivity contribution in [3.63, 3.8) is 0 Å². The zero-order chi connectivity index (χ0) is 39.0. The molecule has 0 radical (unpaired) electrons. The summed E-state index contributed by atoms with van der Waals surface area (Å²) in [6.07, 6.45) is -12.0. The van der Waals surface area contributed by atoms with Crippen LogP contribution in [0.2, 0.25) is 0 Å². The Bertz CT molecular complexity index is 1870. The van der Waals surface area contributed by atoms with Crippen molar-refractivity contribution < 1.29 is 62.3 Å². The number of likely N-dealkylation sites (tertiary alicyclic amines) is 1. The van der Waals surface area contributed by atoms with Crippen LogP contribution < -0.4 is 5.32 Å². The van der Waals surface area contributed by atoms with Crippen LogP contribution in [0.25, 0.3) is 0 Å². The van der Waals surface area contributed by atoms with Gasteiger partial charge in [0.25, 0.3) is 5.60 Å². The van der Waals surface area contributed by atoms with Gasteiger partial charge in [0.15, 0.2) is 9.84 Å². The highest BCUT2D eigenvalue weighted by molar-refractivity contribution is 7.92. The van der Waals surface area contributed by atoms with E-state index in [9.17, 15) is 57.5 Å². The molecule has 5 rings (SSSR count). The maximum absolute atomic E-state index is 14.6. The lowest BCUT2D eigenvalue weighted by atomic mass is 9.79. The number of alkyl halides is 6. The van der Waals surface area contributed by atoms with E-state index in [1.807, 2.05) is 0 Å². The summed E-state index contributed by atoms with van der Waals surface area (Å²) >= 11 is 0. The quantitative estimate of drug-likeness (QED) is 0.178. The number of hydrogen-bond acceptors (Lipinski definition) is 5. The van der Waals surface area contributed by atoms with Gasteiger partial charge in [-0.3, -0.25) is 9.59 Å². The minimum atomic E-state index is -6.22. The maximum Gasteiger partial charge on any atom is 0.430 e. The van der Waals surface area contributed by atoms with E-state index in [4.69, 9.17) is 0 Å². The molecule has 2 amide bonds. The molecule has 0 unspecified atom stereocenters. The van der Waals surface area contributed by atoms with Gasteiger partial charge >= 0.3 is 12.4 Å². The topological polar surface area (TPSA) is 92.8 Å². The van der Waals surface area contributed by atoms with Crippen molar-refractivity contribution in [2.45, 2.75) is 85.7 Å². The van der Waals surface area contributed by atoms with Gasteiger partial charge in [0, 0.05) is 43.1 Å².